The van der Waals surface area contributed by atoms with Gasteiger partial charge in [-0.05, 0) is 112 Å². The van der Waals surface area contributed by atoms with Crippen LogP contribution in [-0.4, -0.2) is 37.6 Å². The molecule has 212 valence electrons. The highest BCUT2D eigenvalue weighted by Gasteiger charge is 2.38. The van der Waals surface area contributed by atoms with E-state index in [0.29, 0.717) is 23.8 Å². The fourth-order valence-corrected chi connectivity index (χ4v) is 6.20. The summed E-state index contributed by atoms with van der Waals surface area (Å²) in [5, 5.41) is 6.88. The van der Waals surface area contributed by atoms with E-state index in [0.717, 1.165) is 44.6 Å². The van der Waals surface area contributed by atoms with Crippen molar-refractivity contribution in [1.29, 1.82) is 0 Å². The van der Waals surface area contributed by atoms with E-state index in [1.54, 1.807) is 5.57 Å². The molecule has 40 heavy (non-hydrogen) atoms. The zero-order valence-corrected chi connectivity index (χ0v) is 25.0. The minimum atomic E-state index is 0.512. The minimum Gasteiger partial charge on any atom is -0.320 e. The molecule has 1 heterocycles. The predicted octanol–water partition coefficient (Wildman–Crippen LogP) is 6.71. The van der Waals surface area contributed by atoms with Gasteiger partial charge in [0.05, 0.1) is 0 Å². The molecule has 2 N–H and O–H groups in total. The molecule has 1 saturated heterocycles. The average Bonchev–Trinajstić information content (AvgIpc) is 2.93. The van der Waals surface area contributed by atoms with Gasteiger partial charge in [0.15, 0.2) is 0 Å². The Bertz CT molecular complexity index is 1210. The first-order valence-corrected chi connectivity index (χ1v) is 15.2. The third-order valence-electron chi connectivity index (χ3n) is 8.80. The van der Waals surface area contributed by atoms with E-state index in [-0.39, 0.29) is 0 Å². The van der Waals surface area contributed by atoms with E-state index in [1.165, 1.54) is 48.1 Å². The summed E-state index contributed by atoms with van der Waals surface area (Å²) in [6, 6.07) is 19.1. The first-order valence-electron chi connectivity index (χ1n) is 15.2. The second kappa shape index (κ2) is 15.2. The molecule has 3 heteroatoms. The maximum absolute atomic E-state index is 5.67. The molecule has 2 aliphatic rings. The van der Waals surface area contributed by atoms with Crippen LogP contribution in [0.4, 0.5) is 0 Å². The van der Waals surface area contributed by atoms with Gasteiger partial charge in [0.2, 0.25) is 0 Å². The molecule has 3 nitrogen and oxygen atoms in total. The Morgan fingerprint density at radius 3 is 2.42 bits per heavy atom. The van der Waals surface area contributed by atoms with E-state index >= 15 is 0 Å². The fourth-order valence-electron chi connectivity index (χ4n) is 6.20. The monoisotopic (exact) mass is 535 g/mol. The second-order valence-electron chi connectivity index (χ2n) is 11.9. The van der Waals surface area contributed by atoms with Gasteiger partial charge < -0.3 is 10.6 Å². The molecule has 0 amide bonds. The number of benzene rings is 2. The number of nitrogens with one attached hydrogen (secondary N) is 2. The smallest absolute Gasteiger partial charge is 0.0240 e. The summed E-state index contributed by atoms with van der Waals surface area (Å²) in [6.45, 7) is 13.3. The maximum atomic E-state index is 5.67. The summed E-state index contributed by atoms with van der Waals surface area (Å²) in [7, 11) is 2.02. The van der Waals surface area contributed by atoms with Crippen molar-refractivity contribution in [2.45, 2.75) is 65.1 Å². The molecular weight excluding hydrogens is 486 g/mol. The molecule has 4 atom stereocenters. The summed E-state index contributed by atoms with van der Waals surface area (Å²) in [6.07, 6.45) is 18.3. The third kappa shape index (κ3) is 8.55. The van der Waals surface area contributed by atoms with Gasteiger partial charge in [-0.2, -0.15) is 0 Å². The first kappa shape index (κ1) is 30.1. The van der Waals surface area contributed by atoms with Crippen molar-refractivity contribution in [1.82, 2.24) is 15.5 Å². The lowest BCUT2D eigenvalue weighted by atomic mass is 9.67. The Hall–Kier alpha value is -2.90. The minimum absolute atomic E-state index is 0.512. The molecule has 0 bridgehead atoms. The van der Waals surface area contributed by atoms with E-state index in [1.807, 2.05) is 14.0 Å². The Labute approximate surface area is 243 Å². The normalized spacial score (nSPS) is 21.2. The highest BCUT2D eigenvalue weighted by Crippen LogP contribution is 2.40. The Balaban J connectivity index is 1.43. The third-order valence-corrected chi connectivity index (χ3v) is 8.80. The van der Waals surface area contributed by atoms with Crippen molar-refractivity contribution < 1.29 is 0 Å². The summed E-state index contributed by atoms with van der Waals surface area (Å²) in [5.41, 5.74) is 8.11. The van der Waals surface area contributed by atoms with E-state index in [2.05, 4.69) is 102 Å². The molecule has 0 saturated carbocycles. The summed E-state index contributed by atoms with van der Waals surface area (Å²) >= 11 is 0. The van der Waals surface area contributed by atoms with Crippen molar-refractivity contribution in [3.05, 3.63) is 107 Å². The number of rotatable bonds is 16. The summed E-state index contributed by atoms with van der Waals surface area (Å²) in [5.74, 6) is 4.67. The molecule has 1 fully saturated rings. The van der Waals surface area contributed by atoms with Crippen molar-refractivity contribution in [3.63, 3.8) is 0 Å². The molecule has 1 aliphatic carbocycles. The van der Waals surface area contributed by atoms with Crippen molar-refractivity contribution in [2.24, 2.45) is 17.8 Å². The van der Waals surface area contributed by atoms with Gasteiger partial charge in [-0.25, -0.2) is 0 Å². The van der Waals surface area contributed by atoms with Crippen LogP contribution in [0.25, 0.3) is 0 Å². The maximum Gasteiger partial charge on any atom is 0.0240 e. The standard InChI is InChI=1S/C37H49N3/c1-6-28(3)17-20-40(26-33-13-8-11-31(23-33)22-30(7-2)15-10-18-38-5)27-34-14-9-12-32(24-34)25-35-29(4)21-36(35)37-16-19-39-37/h1,7-9,11-14,17,21,23-24,30,35-39H,2,10,15-16,18-20,22,25-27H2,3-5H3/b28-17+/t30?,35?,36?,37-/m1/s1. The molecule has 3 unspecified atom stereocenters. The van der Waals surface area contributed by atoms with E-state index in [9.17, 15) is 0 Å². The van der Waals surface area contributed by atoms with Crippen molar-refractivity contribution >= 4 is 0 Å². The largest absolute Gasteiger partial charge is 0.320 e. The number of allylic oxidation sites excluding steroid dienone is 3. The lowest BCUT2D eigenvalue weighted by Gasteiger charge is -2.44. The highest BCUT2D eigenvalue weighted by atomic mass is 15.1. The number of nitrogens with zero attached hydrogens (tertiary/aromatic N) is 1. The zero-order chi connectivity index (χ0) is 28.3. The van der Waals surface area contributed by atoms with Gasteiger partial charge in [0, 0.05) is 25.7 Å². The van der Waals surface area contributed by atoms with Gasteiger partial charge in [-0.3, -0.25) is 4.90 Å². The molecule has 0 aromatic heterocycles. The van der Waals surface area contributed by atoms with E-state index in [4.69, 9.17) is 6.42 Å². The van der Waals surface area contributed by atoms with Crippen molar-refractivity contribution in [2.75, 3.05) is 26.7 Å². The van der Waals surface area contributed by atoms with Crippen LogP contribution in [0.15, 0.2) is 84.5 Å². The van der Waals surface area contributed by atoms with Gasteiger partial charge in [-0.15, -0.1) is 13.0 Å². The summed E-state index contributed by atoms with van der Waals surface area (Å²) < 4.78 is 0. The Morgan fingerprint density at radius 1 is 1.15 bits per heavy atom. The average molecular weight is 536 g/mol. The van der Waals surface area contributed by atoms with E-state index < -0.39 is 0 Å². The molecule has 2 aromatic rings. The van der Waals surface area contributed by atoms with Gasteiger partial charge in [0.25, 0.3) is 0 Å². The lowest BCUT2D eigenvalue weighted by Crippen LogP contribution is -2.52. The predicted molar refractivity (Wildman–Crippen MR) is 171 cm³/mol. The van der Waals surface area contributed by atoms with Gasteiger partial charge in [0.1, 0.15) is 0 Å². The zero-order valence-electron chi connectivity index (χ0n) is 25.0. The number of hydrogen-bond acceptors (Lipinski definition) is 3. The van der Waals surface area contributed by atoms with Crippen LogP contribution in [0.3, 0.4) is 0 Å². The van der Waals surface area contributed by atoms with Gasteiger partial charge >= 0.3 is 0 Å². The first-order chi connectivity index (χ1) is 19.5. The van der Waals surface area contributed by atoms with Crippen LogP contribution in [0.2, 0.25) is 0 Å². The van der Waals surface area contributed by atoms with Crippen LogP contribution in [0.5, 0.6) is 0 Å². The number of hydrogen-bond donors (Lipinski definition) is 2. The molecule has 1 aliphatic heterocycles. The molecular formula is C37H49N3. The Morgan fingerprint density at radius 2 is 1.82 bits per heavy atom. The van der Waals surface area contributed by atoms with Crippen LogP contribution < -0.4 is 10.6 Å². The lowest BCUT2D eigenvalue weighted by molar-refractivity contribution is 0.221. The van der Waals surface area contributed by atoms with Crippen LogP contribution in [0, 0.1) is 30.1 Å². The van der Waals surface area contributed by atoms with Gasteiger partial charge in [-0.1, -0.05) is 78.3 Å². The van der Waals surface area contributed by atoms with Crippen molar-refractivity contribution in [3.8, 4) is 12.3 Å². The molecule has 4 rings (SSSR count). The fraction of sp³-hybridized carbons (Fsp3) is 0.459. The SMILES string of the molecule is C#C/C(C)=C/CN(Cc1cccc(CC(C=C)CCCNC)c1)Cc1cccc(CC2C(C)=CC2[C@H]2CCN2)c1. The quantitative estimate of drug-likeness (QED) is 0.142. The van der Waals surface area contributed by atoms with Crippen LogP contribution in [0.1, 0.15) is 55.4 Å². The Kier molecular flexibility index (Phi) is 11.4. The highest BCUT2D eigenvalue weighted by molar-refractivity contribution is 5.31. The molecule has 2 aromatic carbocycles. The molecule has 0 spiro atoms. The molecule has 0 radical (unpaired) electrons. The van der Waals surface area contributed by atoms with Crippen LogP contribution >= 0.6 is 0 Å². The summed E-state index contributed by atoms with van der Waals surface area (Å²) in [4.78, 5) is 2.51. The number of terminal acetylenes is 1. The van der Waals surface area contributed by atoms with Crippen LogP contribution in [-0.2, 0) is 25.9 Å². The second-order valence-corrected chi connectivity index (χ2v) is 11.9. The topological polar surface area (TPSA) is 27.3 Å².